The Labute approximate surface area is 99.2 Å². The topological polar surface area (TPSA) is 12.0 Å². The zero-order valence-electron chi connectivity index (χ0n) is 9.19. The first-order valence-corrected chi connectivity index (χ1v) is 6.14. The summed E-state index contributed by atoms with van der Waals surface area (Å²) in [7, 11) is 0. The molecule has 3 heteroatoms. The molecule has 0 atom stereocenters. The van der Waals surface area contributed by atoms with E-state index in [9.17, 15) is 4.39 Å². The van der Waals surface area contributed by atoms with Gasteiger partial charge < -0.3 is 5.32 Å². The van der Waals surface area contributed by atoms with Crippen LogP contribution in [0.15, 0.2) is 22.7 Å². The Bertz CT molecular complexity index is 310. The molecule has 1 aromatic rings. The van der Waals surface area contributed by atoms with Gasteiger partial charge in [0.2, 0.25) is 0 Å². The molecule has 0 spiro atoms. The predicted octanol–water partition coefficient (Wildman–Crippen LogP) is 3.87. The van der Waals surface area contributed by atoms with Gasteiger partial charge >= 0.3 is 0 Å². The Morgan fingerprint density at radius 1 is 1.33 bits per heavy atom. The molecule has 0 heterocycles. The van der Waals surface area contributed by atoms with Crippen LogP contribution in [0.4, 0.5) is 4.39 Å². The summed E-state index contributed by atoms with van der Waals surface area (Å²) in [5, 5.41) is 3.41. The van der Waals surface area contributed by atoms with Gasteiger partial charge in [0.1, 0.15) is 5.82 Å². The van der Waals surface area contributed by atoms with Crippen LogP contribution in [0.5, 0.6) is 0 Å². The Morgan fingerprint density at radius 2 is 2.00 bits per heavy atom. The van der Waals surface area contributed by atoms with Crippen molar-refractivity contribution < 1.29 is 4.39 Å². The average Bonchev–Trinajstić information content (AvgIpc) is 2.25. The van der Waals surface area contributed by atoms with Gasteiger partial charge in [0.25, 0.3) is 0 Å². The summed E-state index contributed by atoms with van der Waals surface area (Å²) >= 11 is 3.26. The lowest BCUT2D eigenvalue weighted by Crippen LogP contribution is -2.27. The first-order chi connectivity index (χ1) is 7.19. The highest BCUT2D eigenvalue weighted by Gasteiger charge is 2.07. The molecule has 1 rings (SSSR count). The van der Waals surface area contributed by atoms with Crippen molar-refractivity contribution in [2.24, 2.45) is 0 Å². The summed E-state index contributed by atoms with van der Waals surface area (Å²) in [6, 6.07) is 5.65. The van der Waals surface area contributed by atoms with Crippen molar-refractivity contribution >= 4 is 15.9 Å². The molecule has 0 aliphatic rings. The first-order valence-electron chi connectivity index (χ1n) is 5.35. The molecule has 0 saturated carbocycles. The van der Waals surface area contributed by atoms with Gasteiger partial charge in [-0.15, -0.1) is 0 Å². The maximum absolute atomic E-state index is 13.2. The van der Waals surface area contributed by atoms with E-state index in [0.29, 0.717) is 17.1 Å². The van der Waals surface area contributed by atoms with E-state index in [-0.39, 0.29) is 5.82 Å². The van der Waals surface area contributed by atoms with Gasteiger partial charge in [-0.05, 0) is 40.4 Å². The van der Waals surface area contributed by atoms with Crippen molar-refractivity contribution in [3.05, 3.63) is 34.1 Å². The normalized spacial score (nSPS) is 11.0. The minimum atomic E-state index is -0.196. The van der Waals surface area contributed by atoms with E-state index in [2.05, 4.69) is 35.1 Å². The van der Waals surface area contributed by atoms with Crippen molar-refractivity contribution in [3.63, 3.8) is 0 Å². The summed E-state index contributed by atoms with van der Waals surface area (Å²) in [4.78, 5) is 0. The van der Waals surface area contributed by atoms with Crippen LogP contribution in [0.1, 0.15) is 32.3 Å². The third-order valence-corrected chi connectivity index (χ3v) is 3.49. The van der Waals surface area contributed by atoms with E-state index in [1.54, 1.807) is 6.07 Å². The second-order valence-corrected chi connectivity index (χ2v) is 4.40. The maximum atomic E-state index is 13.2. The SMILES string of the molecule is CCC(CC)NCc1cccc(F)c1Br. The summed E-state index contributed by atoms with van der Waals surface area (Å²) in [6.45, 7) is 5.02. The molecule has 1 aromatic carbocycles. The molecule has 0 aliphatic carbocycles. The van der Waals surface area contributed by atoms with Crippen molar-refractivity contribution in [3.8, 4) is 0 Å². The number of benzene rings is 1. The van der Waals surface area contributed by atoms with Gasteiger partial charge in [-0.25, -0.2) is 4.39 Å². The van der Waals surface area contributed by atoms with Crippen molar-refractivity contribution in [2.75, 3.05) is 0 Å². The minimum absolute atomic E-state index is 0.196. The lowest BCUT2D eigenvalue weighted by Gasteiger charge is -2.15. The molecule has 0 saturated heterocycles. The molecular weight excluding hydrogens is 257 g/mol. The van der Waals surface area contributed by atoms with E-state index in [4.69, 9.17) is 0 Å². The van der Waals surface area contributed by atoms with Gasteiger partial charge in [-0.1, -0.05) is 26.0 Å². The molecular formula is C12H17BrFN. The van der Waals surface area contributed by atoms with Gasteiger partial charge in [0.05, 0.1) is 4.47 Å². The van der Waals surface area contributed by atoms with E-state index in [1.165, 1.54) is 6.07 Å². The van der Waals surface area contributed by atoms with E-state index in [0.717, 1.165) is 18.4 Å². The third kappa shape index (κ3) is 3.58. The Hall–Kier alpha value is -0.410. The van der Waals surface area contributed by atoms with Crippen molar-refractivity contribution in [1.82, 2.24) is 5.32 Å². The quantitative estimate of drug-likeness (QED) is 0.859. The number of hydrogen-bond donors (Lipinski definition) is 1. The van der Waals surface area contributed by atoms with E-state index >= 15 is 0 Å². The molecule has 1 nitrogen and oxygen atoms in total. The lowest BCUT2D eigenvalue weighted by molar-refractivity contribution is 0.482. The first kappa shape index (κ1) is 12.7. The Balaban J connectivity index is 2.61. The molecule has 84 valence electrons. The van der Waals surface area contributed by atoms with Crippen LogP contribution in [0.3, 0.4) is 0 Å². The number of nitrogens with one attached hydrogen (secondary N) is 1. The van der Waals surface area contributed by atoms with Crippen LogP contribution in [-0.2, 0) is 6.54 Å². The number of hydrogen-bond acceptors (Lipinski definition) is 1. The van der Waals surface area contributed by atoms with Gasteiger partial charge in [-0.2, -0.15) is 0 Å². The average molecular weight is 274 g/mol. The Kier molecular flexibility index (Phi) is 5.26. The number of halogens is 2. The van der Waals surface area contributed by atoms with Crippen LogP contribution in [0.2, 0.25) is 0 Å². The molecule has 0 bridgehead atoms. The van der Waals surface area contributed by atoms with Crippen LogP contribution in [0, 0.1) is 5.82 Å². The maximum Gasteiger partial charge on any atom is 0.137 e. The van der Waals surface area contributed by atoms with Gasteiger partial charge in [0.15, 0.2) is 0 Å². The van der Waals surface area contributed by atoms with Crippen LogP contribution >= 0.6 is 15.9 Å². The minimum Gasteiger partial charge on any atom is -0.310 e. The molecule has 0 fully saturated rings. The Morgan fingerprint density at radius 3 is 2.60 bits per heavy atom. The summed E-state index contributed by atoms with van der Waals surface area (Å²) in [6.07, 6.45) is 2.20. The molecule has 0 unspecified atom stereocenters. The van der Waals surface area contributed by atoms with Gasteiger partial charge in [-0.3, -0.25) is 0 Å². The predicted molar refractivity (Wildman–Crippen MR) is 65.3 cm³/mol. The zero-order valence-corrected chi connectivity index (χ0v) is 10.8. The largest absolute Gasteiger partial charge is 0.310 e. The van der Waals surface area contributed by atoms with Crippen LogP contribution in [0.25, 0.3) is 0 Å². The van der Waals surface area contributed by atoms with Crippen molar-refractivity contribution in [2.45, 2.75) is 39.3 Å². The van der Waals surface area contributed by atoms with E-state index < -0.39 is 0 Å². The molecule has 1 N–H and O–H groups in total. The highest BCUT2D eigenvalue weighted by atomic mass is 79.9. The fraction of sp³-hybridized carbons (Fsp3) is 0.500. The summed E-state index contributed by atoms with van der Waals surface area (Å²) in [5.74, 6) is -0.196. The van der Waals surface area contributed by atoms with Crippen molar-refractivity contribution in [1.29, 1.82) is 0 Å². The van der Waals surface area contributed by atoms with Crippen LogP contribution in [-0.4, -0.2) is 6.04 Å². The summed E-state index contributed by atoms with van der Waals surface area (Å²) in [5.41, 5.74) is 0.974. The molecule has 0 amide bonds. The highest BCUT2D eigenvalue weighted by Crippen LogP contribution is 2.20. The number of rotatable bonds is 5. The smallest absolute Gasteiger partial charge is 0.137 e. The summed E-state index contributed by atoms with van der Waals surface area (Å²) < 4.78 is 13.8. The monoisotopic (exact) mass is 273 g/mol. The highest BCUT2D eigenvalue weighted by molar-refractivity contribution is 9.10. The zero-order chi connectivity index (χ0) is 11.3. The fourth-order valence-electron chi connectivity index (χ4n) is 1.52. The molecule has 0 aliphatic heterocycles. The third-order valence-electron chi connectivity index (χ3n) is 2.60. The van der Waals surface area contributed by atoms with Gasteiger partial charge in [0, 0.05) is 12.6 Å². The van der Waals surface area contributed by atoms with Crippen LogP contribution < -0.4 is 5.32 Å². The lowest BCUT2D eigenvalue weighted by atomic mass is 10.1. The second-order valence-electron chi connectivity index (χ2n) is 3.61. The standard InChI is InChI=1S/C12H17BrFN/c1-3-10(4-2)15-8-9-6-5-7-11(14)12(9)13/h5-7,10,15H,3-4,8H2,1-2H3. The van der Waals surface area contributed by atoms with E-state index in [1.807, 2.05) is 6.07 Å². The molecule has 0 radical (unpaired) electrons. The molecule has 15 heavy (non-hydrogen) atoms. The second kappa shape index (κ2) is 6.23. The molecule has 0 aromatic heterocycles. The fourth-order valence-corrected chi connectivity index (χ4v) is 1.92.